The second-order valence-electron chi connectivity index (χ2n) is 5.64. The molecule has 0 fully saturated rings. The Bertz CT molecular complexity index is 955. The lowest BCUT2D eigenvalue weighted by atomic mass is 10.2. The van der Waals surface area contributed by atoms with Gasteiger partial charge in [0, 0.05) is 23.9 Å². The van der Waals surface area contributed by atoms with Crippen LogP contribution in [0.1, 0.15) is 6.42 Å². The zero-order chi connectivity index (χ0) is 17.1. The fraction of sp³-hybridized carbons (Fsp3) is 0.111. The molecule has 0 radical (unpaired) electrons. The number of carbonyl (C=O) groups is 1. The van der Waals surface area contributed by atoms with E-state index >= 15 is 0 Å². The Morgan fingerprint density at radius 3 is 2.72 bits per heavy atom. The molecule has 2 N–H and O–H groups in total. The second kappa shape index (κ2) is 6.56. The molecule has 2 aromatic heterocycles. The summed E-state index contributed by atoms with van der Waals surface area (Å²) in [6.07, 6.45) is 3.67. The molecule has 7 nitrogen and oxygen atoms in total. The standard InChI is InChI=1S/C18H16N6O/c25-17(9-11-24-12-10-19-23-24)20-14-7-5-13(6-8-14)18-21-15-3-1-2-4-16(15)22-18/h1-8,10,12H,9,11H2,(H,20,25)(H,21,22). The van der Waals surface area contributed by atoms with Crippen LogP contribution in [0.25, 0.3) is 22.4 Å². The third-order valence-corrected chi connectivity index (χ3v) is 3.87. The summed E-state index contributed by atoms with van der Waals surface area (Å²) in [5, 5.41) is 10.4. The van der Waals surface area contributed by atoms with Crippen molar-refractivity contribution < 1.29 is 4.79 Å². The van der Waals surface area contributed by atoms with Crippen molar-refractivity contribution in [2.24, 2.45) is 0 Å². The number of anilines is 1. The first kappa shape index (κ1) is 15.1. The van der Waals surface area contributed by atoms with Gasteiger partial charge in [-0.05, 0) is 36.4 Å². The average molecular weight is 332 g/mol. The molecule has 7 heteroatoms. The first-order chi connectivity index (χ1) is 12.3. The van der Waals surface area contributed by atoms with Crippen LogP contribution in [0.2, 0.25) is 0 Å². The van der Waals surface area contributed by atoms with Gasteiger partial charge in [-0.15, -0.1) is 5.10 Å². The van der Waals surface area contributed by atoms with E-state index in [2.05, 4.69) is 25.6 Å². The maximum atomic E-state index is 12.0. The predicted molar refractivity (Wildman–Crippen MR) is 94.8 cm³/mol. The van der Waals surface area contributed by atoms with Crippen LogP contribution in [-0.2, 0) is 11.3 Å². The maximum absolute atomic E-state index is 12.0. The molecule has 1 amide bonds. The quantitative estimate of drug-likeness (QED) is 0.588. The van der Waals surface area contributed by atoms with Crippen LogP contribution in [0.15, 0.2) is 60.9 Å². The van der Waals surface area contributed by atoms with Gasteiger partial charge in [0.15, 0.2) is 0 Å². The number of hydrogen-bond acceptors (Lipinski definition) is 4. The number of nitrogens with one attached hydrogen (secondary N) is 2. The lowest BCUT2D eigenvalue weighted by molar-refractivity contribution is -0.116. The molecule has 0 aliphatic rings. The van der Waals surface area contributed by atoms with Crippen LogP contribution in [0.3, 0.4) is 0 Å². The number of rotatable bonds is 5. The number of fused-ring (bicyclic) bond motifs is 1. The maximum Gasteiger partial charge on any atom is 0.226 e. The van der Waals surface area contributed by atoms with E-state index in [1.54, 1.807) is 17.1 Å². The van der Waals surface area contributed by atoms with E-state index in [-0.39, 0.29) is 5.91 Å². The average Bonchev–Trinajstić information content (AvgIpc) is 3.30. The van der Waals surface area contributed by atoms with Crippen molar-refractivity contribution in [2.75, 3.05) is 5.32 Å². The molecule has 0 aliphatic heterocycles. The molecular formula is C18H16N6O. The van der Waals surface area contributed by atoms with E-state index in [1.807, 2.05) is 48.5 Å². The number of amides is 1. The lowest BCUT2D eigenvalue weighted by Crippen LogP contribution is -2.14. The lowest BCUT2D eigenvalue weighted by Gasteiger charge is -2.06. The Labute approximate surface area is 143 Å². The molecule has 25 heavy (non-hydrogen) atoms. The van der Waals surface area contributed by atoms with Crippen LogP contribution in [0.4, 0.5) is 5.69 Å². The first-order valence-electron chi connectivity index (χ1n) is 7.97. The minimum absolute atomic E-state index is 0.0630. The number of H-pyrrole nitrogens is 1. The number of aryl methyl sites for hydroxylation is 1. The molecule has 0 saturated heterocycles. The predicted octanol–water partition coefficient (Wildman–Crippen LogP) is 2.85. The Kier molecular flexibility index (Phi) is 3.96. The fourth-order valence-electron chi connectivity index (χ4n) is 2.59. The van der Waals surface area contributed by atoms with E-state index in [1.165, 1.54) is 0 Å². The van der Waals surface area contributed by atoms with E-state index in [4.69, 9.17) is 0 Å². The monoisotopic (exact) mass is 332 g/mol. The Balaban J connectivity index is 1.42. The van der Waals surface area contributed by atoms with Gasteiger partial charge in [0.25, 0.3) is 0 Å². The topological polar surface area (TPSA) is 88.5 Å². The summed E-state index contributed by atoms with van der Waals surface area (Å²) in [5.41, 5.74) is 3.66. The van der Waals surface area contributed by atoms with E-state index in [0.29, 0.717) is 13.0 Å². The molecule has 124 valence electrons. The zero-order valence-electron chi connectivity index (χ0n) is 13.4. The largest absolute Gasteiger partial charge is 0.338 e. The highest BCUT2D eigenvalue weighted by atomic mass is 16.1. The molecule has 0 spiro atoms. The van der Waals surface area contributed by atoms with Crippen LogP contribution < -0.4 is 5.32 Å². The molecule has 2 aromatic carbocycles. The van der Waals surface area contributed by atoms with Gasteiger partial charge >= 0.3 is 0 Å². The molecule has 0 atom stereocenters. The number of imidazole rings is 1. The van der Waals surface area contributed by atoms with Crippen molar-refractivity contribution in [3.63, 3.8) is 0 Å². The number of aromatic amines is 1. The van der Waals surface area contributed by atoms with Gasteiger partial charge in [0.1, 0.15) is 5.82 Å². The van der Waals surface area contributed by atoms with Crippen LogP contribution in [0, 0.1) is 0 Å². The van der Waals surface area contributed by atoms with Gasteiger partial charge in [-0.1, -0.05) is 17.3 Å². The highest BCUT2D eigenvalue weighted by Gasteiger charge is 2.06. The summed E-state index contributed by atoms with van der Waals surface area (Å²) in [6.45, 7) is 0.503. The summed E-state index contributed by atoms with van der Waals surface area (Å²) < 4.78 is 1.63. The number of nitrogens with zero attached hydrogens (tertiary/aromatic N) is 4. The fourth-order valence-corrected chi connectivity index (χ4v) is 2.59. The molecule has 4 rings (SSSR count). The van der Waals surface area contributed by atoms with Crippen molar-refractivity contribution in [3.8, 4) is 11.4 Å². The van der Waals surface area contributed by atoms with Gasteiger partial charge in [-0.2, -0.15) is 0 Å². The Morgan fingerprint density at radius 1 is 1.12 bits per heavy atom. The van der Waals surface area contributed by atoms with Gasteiger partial charge in [-0.3, -0.25) is 9.48 Å². The normalized spacial score (nSPS) is 10.9. The van der Waals surface area contributed by atoms with Gasteiger partial charge in [0.2, 0.25) is 5.91 Å². The number of benzene rings is 2. The van der Waals surface area contributed by atoms with Crippen molar-refractivity contribution in [3.05, 3.63) is 60.9 Å². The third-order valence-electron chi connectivity index (χ3n) is 3.87. The van der Waals surface area contributed by atoms with Crippen molar-refractivity contribution in [1.82, 2.24) is 25.0 Å². The van der Waals surface area contributed by atoms with Crippen molar-refractivity contribution >= 4 is 22.6 Å². The summed E-state index contributed by atoms with van der Waals surface area (Å²) in [5.74, 6) is 0.747. The number of para-hydroxylation sites is 2. The Morgan fingerprint density at radius 2 is 1.96 bits per heavy atom. The van der Waals surface area contributed by atoms with Crippen molar-refractivity contribution in [1.29, 1.82) is 0 Å². The third kappa shape index (κ3) is 3.40. The van der Waals surface area contributed by atoms with Gasteiger partial charge in [-0.25, -0.2) is 4.98 Å². The number of hydrogen-bond donors (Lipinski definition) is 2. The number of carbonyl (C=O) groups excluding carboxylic acids is 1. The summed E-state index contributed by atoms with van der Waals surface area (Å²) in [7, 11) is 0. The minimum atomic E-state index is -0.0630. The van der Waals surface area contributed by atoms with E-state index < -0.39 is 0 Å². The van der Waals surface area contributed by atoms with Crippen LogP contribution in [-0.4, -0.2) is 30.9 Å². The highest BCUT2D eigenvalue weighted by molar-refractivity contribution is 5.91. The minimum Gasteiger partial charge on any atom is -0.338 e. The van der Waals surface area contributed by atoms with Crippen molar-refractivity contribution in [2.45, 2.75) is 13.0 Å². The molecule has 4 aromatic rings. The molecule has 0 bridgehead atoms. The summed E-state index contributed by atoms with van der Waals surface area (Å²) in [6, 6.07) is 15.5. The summed E-state index contributed by atoms with van der Waals surface area (Å²) >= 11 is 0. The summed E-state index contributed by atoms with van der Waals surface area (Å²) in [4.78, 5) is 19.9. The number of aromatic nitrogens is 5. The van der Waals surface area contributed by atoms with E-state index in [0.717, 1.165) is 28.1 Å². The highest BCUT2D eigenvalue weighted by Crippen LogP contribution is 2.22. The second-order valence-corrected chi connectivity index (χ2v) is 5.64. The van der Waals surface area contributed by atoms with Crippen LogP contribution in [0.5, 0.6) is 0 Å². The molecule has 0 aliphatic carbocycles. The molecule has 2 heterocycles. The molecule has 0 unspecified atom stereocenters. The molecule has 0 saturated carbocycles. The Hall–Kier alpha value is -3.48. The molecular weight excluding hydrogens is 316 g/mol. The smallest absolute Gasteiger partial charge is 0.226 e. The van der Waals surface area contributed by atoms with Gasteiger partial charge in [0.05, 0.1) is 23.8 Å². The zero-order valence-corrected chi connectivity index (χ0v) is 13.4. The van der Waals surface area contributed by atoms with E-state index in [9.17, 15) is 4.79 Å². The first-order valence-corrected chi connectivity index (χ1v) is 7.97. The van der Waals surface area contributed by atoms with Crippen LogP contribution >= 0.6 is 0 Å². The van der Waals surface area contributed by atoms with Gasteiger partial charge < -0.3 is 10.3 Å². The SMILES string of the molecule is O=C(CCn1ccnn1)Nc1ccc(-c2nc3ccccc3[nH]2)cc1.